The van der Waals surface area contributed by atoms with Crippen LogP contribution in [0, 0.1) is 0 Å². The number of nitrogens with zero attached hydrogens (tertiary/aromatic N) is 3. The van der Waals surface area contributed by atoms with E-state index < -0.39 is 0 Å². The zero-order chi connectivity index (χ0) is 12.1. The van der Waals surface area contributed by atoms with Crippen LogP contribution in [-0.4, -0.2) is 23.2 Å². The summed E-state index contributed by atoms with van der Waals surface area (Å²) >= 11 is 1.57. The van der Waals surface area contributed by atoms with Crippen molar-refractivity contribution in [2.24, 2.45) is 0 Å². The predicted molar refractivity (Wildman–Crippen MR) is 62.2 cm³/mol. The molecular weight excluding hydrogens is 238 g/mol. The molecule has 2 aromatic rings. The van der Waals surface area contributed by atoms with Crippen molar-refractivity contribution >= 4 is 17.3 Å². The van der Waals surface area contributed by atoms with Gasteiger partial charge in [-0.1, -0.05) is 4.68 Å². The molecule has 0 bridgehead atoms. The van der Waals surface area contributed by atoms with Gasteiger partial charge in [-0.15, -0.1) is 11.3 Å². The van der Waals surface area contributed by atoms with Crippen LogP contribution >= 0.6 is 11.3 Å². The van der Waals surface area contributed by atoms with Gasteiger partial charge in [0.05, 0.1) is 7.11 Å². The smallest absolute Gasteiger partial charge is 0.312 e. The summed E-state index contributed by atoms with van der Waals surface area (Å²) in [5.74, 6) is -0.233. The maximum Gasteiger partial charge on any atom is 0.312 e. The lowest BCUT2D eigenvalue weighted by Gasteiger charge is -1.96. The van der Waals surface area contributed by atoms with Gasteiger partial charge in [-0.3, -0.25) is 4.79 Å². The molecule has 0 aliphatic heterocycles. The van der Waals surface area contributed by atoms with Gasteiger partial charge in [0.2, 0.25) is 0 Å². The van der Waals surface area contributed by atoms with Crippen molar-refractivity contribution < 1.29 is 14.2 Å². The molecule has 2 heterocycles. The lowest BCUT2D eigenvalue weighted by molar-refractivity contribution is -0.752. The molecule has 0 aliphatic carbocycles. The first kappa shape index (κ1) is 11.7. The topological polar surface area (TPSA) is 56.0 Å². The third-order valence-corrected chi connectivity index (χ3v) is 3.05. The van der Waals surface area contributed by atoms with Crippen LogP contribution in [0.3, 0.4) is 0 Å². The fourth-order valence-corrected chi connectivity index (χ4v) is 1.95. The summed E-state index contributed by atoms with van der Waals surface area (Å²) in [7, 11) is 1.38. The second-order valence-corrected chi connectivity index (χ2v) is 4.24. The number of rotatable bonds is 4. The normalized spacial score (nSPS) is 10.2. The molecule has 6 heteroatoms. The van der Waals surface area contributed by atoms with Crippen LogP contribution < -0.4 is 4.68 Å². The van der Waals surface area contributed by atoms with Gasteiger partial charge < -0.3 is 4.74 Å². The van der Waals surface area contributed by atoms with Crippen molar-refractivity contribution in [1.82, 2.24) is 10.1 Å². The summed E-state index contributed by atoms with van der Waals surface area (Å²) in [5.41, 5.74) is 0.981. The Labute approximate surface area is 103 Å². The van der Waals surface area contributed by atoms with E-state index in [0.29, 0.717) is 13.0 Å². The van der Waals surface area contributed by atoms with Crippen LogP contribution in [0.2, 0.25) is 0 Å². The summed E-state index contributed by atoms with van der Waals surface area (Å²) in [4.78, 5) is 15.2. The zero-order valence-electron chi connectivity index (χ0n) is 9.37. The first-order chi connectivity index (χ1) is 8.29. The Morgan fingerprint density at radius 2 is 2.47 bits per heavy atom. The molecule has 0 saturated heterocycles. The van der Waals surface area contributed by atoms with Crippen molar-refractivity contribution in [3.63, 3.8) is 0 Å². The second kappa shape index (κ2) is 5.49. The van der Waals surface area contributed by atoms with Gasteiger partial charge in [-0.05, 0) is 5.10 Å². The number of esters is 1. The number of ether oxygens (including phenoxy) is 1. The molecule has 17 heavy (non-hydrogen) atoms. The van der Waals surface area contributed by atoms with E-state index in [-0.39, 0.29) is 5.97 Å². The van der Waals surface area contributed by atoms with Crippen LogP contribution in [-0.2, 0) is 16.1 Å². The van der Waals surface area contributed by atoms with E-state index in [9.17, 15) is 4.79 Å². The number of methoxy groups -OCH3 is 1. The number of aryl methyl sites for hydroxylation is 1. The average Bonchev–Trinajstić information content (AvgIpc) is 2.90. The maximum atomic E-state index is 11.0. The van der Waals surface area contributed by atoms with Crippen LogP contribution in [0.1, 0.15) is 6.42 Å². The van der Waals surface area contributed by atoms with E-state index in [1.54, 1.807) is 28.4 Å². The summed E-state index contributed by atoms with van der Waals surface area (Å²) < 4.78 is 6.27. The Morgan fingerprint density at radius 1 is 1.59 bits per heavy atom. The van der Waals surface area contributed by atoms with E-state index in [0.717, 1.165) is 10.6 Å². The highest BCUT2D eigenvalue weighted by Crippen LogP contribution is 2.18. The van der Waals surface area contributed by atoms with E-state index in [1.165, 1.54) is 7.11 Å². The van der Waals surface area contributed by atoms with Gasteiger partial charge in [0.1, 0.15) is 17.6 Å². The molecule has 0 unspecified atom stereocenters. The Hall–Kier alpha value is -1.82. The summed E-state index contributed by atoms with van der Waals surface area (Å²) in [6, 6.07) is 1.93. The third-order valence-electron chi connectivity index (χ3n) is 2.22. The SMILES string of the molecule is COC(=O)CC[n+]1ccc(-c2nccs2)cn1. The number of carbonyl (C=O) groups is 1. The van der Waals surface area contributed by atoms with Gasteiger partial charge in [0.25, 0.3) is 0 Å². The van der Waals surface area contributed by atoms with Crippen LogP contribution in [0.4, 0.5) is 0 Å². The van der Waals surface area contributed by atoms with Crippen molar-refractivity contribution in [2.75, 3.05) is 7.11 Å². The maximum absolute atomic E-state index is 11.0. The summed E-state index contributed by atoms with van der Waals surface area (Å²) in [5, 5.41) is 7.08. The van der Waals surface area contributed by atoms with E-state index in [2.05, 4.69) is 14.8 Å². The molecular formula is C11H12N3O2S+. The third kappa shape index (κ3) is 3.07. The van der Waals surface area contributed by atoms with E-state index >= 15 is 0 Å². The van der Waals surface area contributed by atoms with Crippen LogP contribution in [0.25, 0.3) is 10.6 Å². The molecule has 0 radical (unpaired) electrons. The monoisotopic (exact) mass is 250 g/mol. The van der Waals surface area contributed by atoms with Gasteiger partial charge in [-0.2, -0.15) is 0 Å². The van der Waals surface area contributed by atoms with E-state index in [1.807, 2.05) is 17.6 Å². The number of aromatic nitrogens is 3. The quantitative estimate of drug-likeness (QED) is 0.601. The molecule has 0 aromatic carbocycles. The number of carbonyl (C=O) groups excluding carboxylic acids is 1. The van der Waals surface area contributed by atoms with Crippen molar-refractivity contribution in [2.45, 2.75) is 13.0 Å². The van der Waals surface area contributed by atoms with Crippen molar-refractivity contribution in [1.29, 1.82) is 0 Å². The predicted octanol–water partition coefficient (Wildman–Crippen LogP) is 1.06. The minimum Gasteiger partial charge on any atom is -0.469 e. The molecule has 2 aromatic heterocycles. The first-order valence-corrected chi connectivity index (χ1v) is 6.00. The standard InChI is InChI=1S/C11H12N3O2S/c1-16-10(15)3-6-14-5-2-9(8-13-14)11-12-4-7-17-11/h2,4-5,7-8H,3,6H2,1H3/q+1. The Balaban J connectivity index is 2.01. The number of thiazole rings is 1. The zero-order valence-corrected chi connectivity index (χ0v) is 10.2. The van der Waals surface area contributed by atoms with Gasteiger partial charge >= 0.3 is 5.97 Å². The molecule has 0 N–H and O–H groups in total. The Bertz CT molecular complexity index is 482. The van der Waals surface area contributed by atoms with Gasteiger partial charge in [0.15, 0.2) is 12.7 Å². The molecule has 0 fully saturated rings. The summed E-state index contributed by atoms with van der Waals surface area (Å²) in [6.45, 7) is 0.519. The molecule has 0 saturated carbocycles. The van der Waals surface area contributed by atoms with E-state index in [4.69, 9.17) is 0 Å². The molecule has 0 spiro atoms. The lowest BCUT2D eigenvalue weighted by Crippen LogP contribution is -2.38. The fraction of sp³-hybridized carbons (Fsp3) is 0.273. The summed E-state index contributed by atoms with van der Waals surface area (Å²) in [6.07, 6.45) is 5.67. The number of hydrogen-bond acceptors (Lipinski definition) is 5. The van der Waals surface area contributed by atoms with Crippen molar-refractivity contribution in [3.8, 4) is 10.6 Å². The highest BCUT2D eigenvalue weighted by atomic mass is 32.1. The Kier molecular flexibility index (Phi) is 3.77. The van der Waals surface area contributed by atoms with Crippen LogP contribution in [0.15, 0.2) is 30.0 Å². The molecule has 2 rings (SSSR count). The molecule has 0 amide bonds. The number of hydrogen-bond donors (Lipinski definition) is 0. The Morgan fingerprint density at radius 3 is 3.06 bits per heavy atom. The van der Waals surface area contributed by atoms with Crippen LogP contribution in [0.5, 0.6) is 0 Å². The van der Waals surface area contributed by atoms with Gasteiger partial charge in [0, 0.05) is 23.2 Å². The molecule has 5 nitrogen and oxygen atoms in total. The fourth-order valence-electron chi connectivity index (χ4n) is 1.32. The van der Waals surface area contributed by atoms with Gasteiger partial charge in [-0.25, -0.2) is 4.98 Å². The second-order valence-electron chi connectivity index (χ2n) is 3.34. The minimum absolute atomic E-state index is 0.233. The average molecular weight is 250 g/mol. The molecule has 0 atom stereocenters. The molecule has 0 aliphatic rings. The first-order valence-electron chi connectivity index (χ1n) is 5.12. The highest BCUT2D eigenvalue weighted by molar-refractivity contribution is 7.13. The van der Waals surface area contributed by atoms with Crippen molar-refractivity contribution in [3.05, 3.63) is 30.0 Å². The molecule has 88 valence electrons. The highest BCUT2D eigenvalue weighted by Gasteiger charge is 2.09. The lowest BCUT2D eigenvalue weighted by atomic mass is 10.3. The largest absolute Gasteiger partial charge is 0.469 e. The minimum atomic E-state index is -0.233.